The lowest BCUT2D eigenvalue weighted by atomic mass is 9.96. The van der Waals surface area contributed by atoms with E-state index in [2.05, 4.69) is 0 Å². The highest BCUT2D eigenvalue weighted by Crippen LogP contribution is 2.21. The molecule has 27 heavy (non-hydrogen) atoms. The predicted octanol–water partition coefficient (Wildman–Crippen LogP) is 1.35. The Bertz CT molecular complexity index is 849. The van der Waals surface area contributed by atoms with E-state index in [0.717, 1.165) is 0 Å². The molecular weight excluding hydrogens is 346 g/mol. The van der Waals surface area contributed by atoms with Crippen LogP contribution in [0.25, 0.3) is 0 Å². The number of carboxylic acid groups (broad SMARTS) is 1. The van der Waals surface area contributed by atoms with Crippen molar-refractivity contribution in [2.24, 2.45) is 0 Å². The summed E-state index contributed by atoms with van der Waals surface area (Å²) in [5.74, 6) is -1.96. The first-order valence-corrected chi connectivity index (χ1v) is 8.92. The third-order valence-corrected chi connectivity index (χ3v) is 4.84. The molecule has 0 spiro atoms. The second-order valence-corrected chi connectivity index (χ2v) is 6.75. The normalized spacial score (nSPS) is 20.0. The van der Waals surface area contributed by atoms with Crippen molar-refractivity contribution in [3.63, 3.8) is 0 Å². The van der Waals surface area contributed by atoms with Crippen LogP contribution in [-0.2, 0) is 14.3 Å². The summed E-state index contributed by atoms with van der Waals surface area (Å²) in [4.78, 5) is 36.1. The van der Waals surface area contributed by atoms with Crippen molar-refractivity contribution in [3.8, 4) is 0 Å². The van der Waals surface area contributed by atoms with Gasteiger partial charge in [0.15, 0.2) is 17.9 Å². The summed E-state index contributed by atoms with van der Waals surface area (Å²) in [5, 5.41) is 10.7. The maximum Gasteiger partial charge on any atom is 0.362 e. The number of aliphatic carboxylic acids is 1. The van der Waals surface area contributed by atoms with E-state index in [1.54, 1.807) is 60.8 Å². The van der Waals surface area contributed by atoms with Crippen LogP contribution in [0, 0.1) is 0 Å². The molecule has 0 aromatic heterocycles. The Morgan fingerprint density at radius 2 is 1.78 bits per heavy atom. The van der Waals surface area contributed by atoms with Crippen LogP contribution in [0.2, 0.25) is 0 Å². The van der Waals surface area contributed by atoms with Gasteiger partial charge in [0.2, 0.25) is 0 Å². The van der Waals surface area contributed by atoms with Gasteiger partial charge in [0.05, 0.1) is 12.3 Å². The average Bonchev–Trinajstić information content (AvgIpc) is 3.16. The summed E-state index contributed by atoms with van der Waals surface area (Å²) >= 11 is 0. The van der Waals surface area contributed by atoms with Crippen molar-refractivity contribution in [2.45, 2.75) is 31.4 Å². The van der Waals surface area contributed by atoms with Gasteiger partial charge < -0.3 is 15.2 Å². The number of ketones is 1. The van der Waals surface area contributed by atoms with Gasteiger partial charge in [0.1, 0.15) is 6.54 Å². The van der Waals surface area contributed by atoms with Gasteiger partial charge in [-0.1, -0.05) is 48.5 Å². The number of nitrogens with two attached hydrogens (primary N) is 1. The fourth-order valence-electron chi connectivity index (χ4n) is 3.20. The molecule has 6 nitrogen and oxygen atoms in total. The number of carbonyl (C=O) groups excluding carboxylic acids is 2. The Balaban J connectivity index is 1.68. The van der Waals surface area contributed by atoms with Gasteiger partial charge in [0, 0.05) is 11.1 Å². The molecule has 6 heteroatoms. The number of carboxylic acids is 1. The van der Waals surface area contributed by atoms with Gasteiger partial charge in [0.25, 0.3) is 0 Å². The second-order valence-electron chi connectivity index (χ2n) is 6.75. The number of quaternary nitrogens is 1. The van der Waals surface area contributed by atoms with Crippen LogP contribution in [-0.4, -0.2) is 41.5 Å². The van der Waals surface area contributed by atoms with Crippen molar-refractivity contribution >= 4 is 17.7 Å². The van der Waals surface area contributed by atoms with Gasteiger partial charge in [-0.3, -0.25) is 9.59 Å². The second kappa shape index (κ2) is 8.14. The van der Waals surface area contributed by atoms with Gasteiger partial charge in [-0.05, 0) is 18.6 Å². The molecule has 3 N–H and O–H groups in total. The summed E-state index contributed by atoms with van der Waals surface area (Å²) < 4.78 is 5.47. The number of hydrogen-bond acceptors (Lipinski definition) is 4. The summed E-state index contributed by atoms with van der Waals surface area (Å²) in [5.41, 5.74) is 1.79. The average molecular weight is 368 g/mol. The number of benzene rings is 2. The van der Waals surface area contributed by atoms with Gasteiger partial charge >= 0.3 is 11.9 Å². The molecule has 1 aliphatic rings. The first kappa shape index (κ1) is 18.8. The molecule has 2 aromatic carbocycles. The Labute approximate surface area is 157 Å². The molecular formula is C21H22NO5+. The van der Waals surface area contributed by atoms with Crippen LogP contribution in [0.15, 0.2) is 54.6 Å². The summed E-state index contributed by atoms with van der Waals surface area (Å²) in [6.45, 7) is 2.17. The van der Waals surface area contributed by atoms with E-state index in [1.807, 2.05) is 6.07 Å². The van der Waals surface area contributed by atoms with E-state index in [9.17, 15) is 14.4 Å². The quantitative estimate of drug-likeness (QED) is 0.593. The van der Waals surface area contributed by atoms with Gasteiger partial charge in [-0.15, -0.1) is 0 Å². The number of hydrogen-bond donors (Lipinski definition) is 2. The SMILES string of the molecule is C[C@H](C(=O)O[C@H]1C[NH2+][C@H](C(=O)O)C1)c1cccc(C(=O)c2ccccc2)c1. The maximum atomic E-state index is 12.6. The van der Waals surface area contributed by atoms with E-state index < -0.39 is 30.0 Å². The highest BCUT2D eigenvalue weighted by Gasteiger charge is 2.36. The van der Waals surface area contributed by atoms with Crippen LogP contribution < -0.4 is 5.32 Å². The molecule has 3 atom stereocenters. The van der Waals surface area contributed by atoms with Crippen molar-refractivity contribution < 1.29 is 29.5 Å². The summed E-state index contributed by atoms with van der Waals surface area (Å²) in [7, 11) is 0. The van der Waals surface area contributed by atoms with E-state index >= 15 is 0 Å². The smallest absolute Gasteiger partial charge is 0.362 e. The van der Waals surface area contributed by atoms with E-state index in [1.165, 1.54) is 0 Å². The zero-order valence-corrected chi connectivity index (χ0v) is 15.0. The lowest BCUT2D eigenvalue weighted by Gasteiger charge is -2.15. The zero-order chi connectivity index (χ0) is 19.4. The minimum absolute atomic E-state index is 0.104. The fraction of sp³-hybridized carbons (Fsp3) is 0.286. The minimum atomic E-state index is -0.895. The van der Waals surface area contributed by atoms with E-state index in [-0.39, 0.29) is 5.78 Å². The van der Waals surface area contributed by atoms with Crippen molar-refractivity contribution in [1.29, 1.82) is 0 Å². The van der Waals surface area contributed by atoms with Gasteiger partial charge in [-0.2, -0.15) is 0 Å². The van der Waals surface area contributed by atoms with Crippen molar-refractivity contribution in [1.82, 2.24) is 0 Å². The molecule has 3 rings (SSSR count). The van der Waals surface area contributed by atoms with Crippen LogP contribution >= 0.6 is 0 Å². The number of esters is 1. The minimum Gasteiger partial charge on any atom is -0.477 e. The highest BCUT2D eigenvalue weighted by atomic mass is 16.5. The molecule has 0 radical (unpaired) electrons. The molecule has 1 aliphatic heterocycles. The Hall–Kier alpha value is -2.99. The van der Waals surface area contributed by atoms with Crippen molar-refractivity contribution in [2.75, 3.05) is 6.54 Å². The molecule has 0 aliphatic carbocycles. The monoisotopic (exact) mass is 368 g/mol. The third-order valence-electron chi connectivity index (χ3n) is 4.84. The molecule has 0 saturated carbocycles. The standard InChI is InChI=1S/C21H21NO5/c1-13(21(26)27-17-11-18(20(24)25)22-12-17)15-8-5-9-16(10-15)19(23)14-6-3-2-4-7-14/h2-10,13,17-18,22H,11-12H2,1H3,(H,24,25)/p+1/t13-,17+,18-/m0/s1. The Kier molecular flexibility index (Phi) is 5.66. The summed E-state index contributed by atoms with van der Waals surface area (Å²) in [6, 6.07) is 15.4. The molecule has 0 unspecified atom stereocenters. The highest BCUT2D eigenvalue weighted by molar-refractivity contribution is 6.09. The van der Waals surface area contributed by atoms with Crippen LogP contribution in [0.4, 0.5) is 0 Å². The van der Waals surface area contributed by atoms with Crippen LogP contribution in [0.3, 0.4) is 0 Å². The Morgan fingerprint density at radius 3 is 2.44 bits per heavy atom. The maximum absolute atomic E-state index is 12.6. The molecule has 1 heterocycles. The first-order chi connectivity index (χ1) is 13.0. The molecule has 2 aromatic rings. The lowest BCUT2D eigenvalue weighted by molar-refractivity contribution is -0.661. The molecule has 1 fully saturated rings. The topological polar surface area (TPSA) is 97.3 Å². The predicted molar refractivity (Wildman–Crippen MR) is 97.4 cm³/mol. The molecule has 1 saturated heterocycles. The fourth-order valence-corrected chi connectivity index (χ4v) is 3.20. The Morgan fingerprint density at radius 1 is 1.07 bits per heavy atom. The van der Waals surface area contributed by atoms with E-state index in [0.29, 0.717) is 29.7 Å². The first-order valence-electron chi connectivity index (χ1n) is 8.92. The summed E-state index contributed by atoms with van der Waals surface area (Å²) in [6.07, 6.45) is -0.101. The van der Waals surface area contributed by atoms with Crippen molar-refractivity contribution in [3.05, 3.63) is 71.3 Å². The van der Waals surface area contributed by atoms with Gasteiger partial charge in [-0.25, -0.2) is 4.79 Å². The zero-order valence-electron chi connectivity index (χ0n) is 15.0. The number of rotatable bonds is 6. The third kappa shape index (κ3) is 4.41. The number of carbonyl (C=O) groups is 3. The molecule has 140 valence electrons. The largest absolute Gasteiger partial charge is 0.477 e. The van der Waals surface area contributed by atoms with Crippen LogP contribution in [0.5, 0.6) is 0 Å². The number of ether oxygens (including phenoxy) is 1. The molecule has 0 bridgehead atoms. The molecule has 0 amide bonds. The van der Waals surface area contributed by atoms with E-state index in [4.69, 9.17) is 9.84 Å². The lowest BCUT2D eigenvalue weighted by Crippen LogP contribution is -2.89. The van der Waals surface area contributed by atoms with Crippen LogP contribution in [0.1, 0.15) is 40.7 Å².